The van der Waals surface area contributed by atoms with Crippen molar-refractivity contribution in [3.05, 3.63) is 101 Å². The third kappa shape index (κ3) is 5.76. The second-order valence-corrected chi connectivity index (χ2v) is 10.9. The molecule has 250 valence electrons. The van der Waals surface area contributed by atoms with Gasteiger partial charge in [-0.25, -0.2) is 19.9 Å². The normalized spacial score (nSPS) is 11.9. The van der Waals surface area contributed by atoms with Gasteiger partial charge in [0, 0.05) is 16.3 Å². The molecule has 4 aromatic carbocycles. The Labute approximate surface area is 287 Å². The van der Waals surface area contributed by atoms with E-state index in [4.69, 9.17) is 0 Å². The van der Waals surface area contributed by atoms with Gasteiger partial charge in [-0.15, -0.1) is 26.3 Å². The molecule has 7 rings (SSSR count). The zero-order valence-corrected chi connectivity index (χ0v) is 25.6. The molecule has 0 amide bonds. The maximum absolute atomic E-state index is 13.9. The van der Waals surface area contributed by atoms with Gasteiger partial charge >= 0.3 is 12.7 Å². The van der Waals surface area contributed by atoms with E-state index in [2.05, 4.69) is 29.4 Å². The van der Waals surface area contributed by atoms with Gasteiger partial charge < -0.3 is 9.47 Å². The van der Waals surface area contributed by atoms with Gasteiger partial charge in [0.05, 0.1) is 22.2 Å². The van der Waals surface area contributed by atoms with Crippen LogP contribution in [0.3, 0.4) is 0 Å². The SMILES string of the molecule is N#CC(C#N)=C1c2cc(OC(F)(F)F)c(-c3nc(C#N)c4ccccc4n3)cc2-c2cc(-c3nc(C#N)c4ccccc4n3)c(OC(F)(F)F)cc21. The Morgan fingerprint density at radius 2 is 0.923 bits per heavy atom. The number of para-hydroxylation sites is 2. The highest BCUT2D eigenvalue weighted by Crippen LogP contribution is 2.53. The molecule has 0 fully saturated rings. The molecular formula is C36H12F6N8O2. The molecule has 0 radical (unpaired) electrons. The first-order valence-corrected chi connectivity index (χ1v) is 14.6. The fourth-order valence-corrected chi connectivity index (χ4v) is 5.90. The number of allylic oxidation sites excluding steroid dienone is 1. The second-order valence-electron chi connectivity index (χ2n) is 10.9. The Balaban J connectivity index is 1.58. The summed E-state index contributed by atoms with van der Waals surface area (Å²) in [6.45, 7) is 0. The maximum atomic E-state index is 13.9. The molecule has 1 aliphatic rings. The second kappa shape index (κ2) is 12.1. The first-order valence-electron chi connectivity index (χ1n) is 14.6. The van der Waals surface area contributed by atoms with Crippen LogP contribution in [0.2, 0.25) is 0 Å². The smallest absolute Gasteiger partial charge is 0.405 e. The molecule has 0 N–H and O–H groups in total. The van der Waals surface area contributed by atoms with Gasteiger partial charge in [0.15, 0.2) is 23.0 Å². The van der Waals surface area contributed by atoms with Crippen molar-refractivity contribution < 1.29 is 35.8 Å². The van der Waals surface area contributed by atoms with Crippen LogP contribution in [-0.4, -0.2) is 32.7 Å². The van der Waals surface area contributed by atoms with Crippen molar-refractivity contribution in [1.29, 1.82) is 21.0 Å². The highest BCUT2D eigenvalue weighted by molar-refractivity contribution is 6.07. The minimum absolute atomic E-state index is 0.0221. The van der Waals surface area contributed by atoms with Gasteiger partial charge in [-0.3, -0.25) is 0 Å². The van der Waals surface area contributed by atoms with Crippen LogP contribution in [0.5, 0.6) is 11.5 Å². The number of hydrogen-bond acceptors (Lipinski definition) is 10. The molecule has 0 bridgehead atoms. The lowest BCUT2D eigenvalue weighted by molar-refractivity contribution is -0.275. The molecule has 2 heterocycles. The summed E-state index contributed by atoms with van der Waals surface area (Å²) in [5.41, 5.74) is -2.00. The molecule has 0 atom stereocenters. The van der Waals surface area contributed by atoms with E-state index in [9.17, 15) is 47.4 Å². The number of ether oxygens (including phenoxy) is 2. The fraction of sp³-hybridized carbons (Fsp3) is 0.0556. The van der Waals surface area contributed by atoms with Crippen LogP contribution in [0, 0.1) is 45.3 Å². The van der Waals surface area contributed by atoms with Crippen molar-refractivity contribution in [2.75, 3.05) is 0 Å². The largest absolute Gasteiger partial charge is 0.573 e. The van der Waals surface area contributed by atoms with Crippen LogP contribution < -0.4 is 9.47 Å². The summed E-state index contributed by atoms with van der Waals surface area (Å²) in [5, 5.41) is 40.0. The molecular weight excluding hydrogens is 690 g/mol. The van der Waals surface area contributed by atoms with Crippen LogP contribution in [0.4, 0.5) is 26.3 Å². The molecule has 52 heavy (non-hydrogen) atoms. The third-order valence-corrected chi connectivity index (χ3v) is 7.89. The Morgan fingerprint density at radius 1 is 0.519 bits per heavy atom. The predicted molar refractivity (Wildman–Crippen MR) is 169 cm³/mol. The first kappa shape index (κ1) is 33.0. The average molecular weight is 703 g/mol. The van der Waals surface area contributed by atoms with Crippen LogP contribution in [0.25, 0.3) is 61.3 Å². The average Bonchev–Trinajstić information content (AvgIpc) is 3.40. The van der Waals surface area contributed by atoms with Crippen molar-refractivity contribution in [3.8, 4) is 69.7 Å². The monoisotopic (exact) mass is 702 g/mol. The molecule has 6 aromatic rings. The molecule has 10 nitrogen and oxygen atoms in total. The Kier molecular flexibility index (Phi) is 7.66. The van der Waals surface area contributed by atoms with Gasteiger partial charge in [-0.1, -0.05) is 24.3 Å². The summed E-state index contributed by atoms with van der Waals surface area (Å²) in [7, 11) is 0. The number of fused-ring (bicyclic) bond motifs is 5. The first-order chi connectivity index (χ1) is 24.8. The van der Waals surface area contributed by atoms with E-state index in [0.717, 1.165) is 24.3 Å². The number of hydrogen-bond donors (Lipinski definition) is 0. The van der Waals surface area contributed by atoms with Gasteiger partial charge in [0.1, 0.15) is 41.3 Å². The number of rotatable bonds is 4. The number of halogens is 6. The molecule has 0 saturated heterocycles. The molecule has 1 aliphatic carbocycles. The van der Waals surface area contributed by atoms with E-state index in [1.165, 1.54) is 12.1 Å². The van der Waals surface area contributed by atoms with E-state index >= 15 is 0 Å². The number of benzene rings is 4. The van der Waals surface area contributed by atoms with E-state index < -0.39 is 29.8 Å². The molecule has 0 spiro atoms. The lowest BCUT2D eigenvalue weighted by Crippen LogP contribution is -2.18. The highest BCUT2D eigenvalue weighted by atomic mass is 19.4. The van der Waals surface area contributed by atoms with E-state index in [1.807, 2.05) is 12.1 Å². The van der Waals surface area contributed by atoms with Crippen molar-refractivity contribution in [1.82, 2.24) is 19.9 Å². The molecule has 2 aromatic heterocycles. The van der Waals surface area contributed by atoms with Crippen molar-refractivity contribution in [3.63, 3.8) is 0 Å². The Morgan fingerprint density at radius 3 is 1.29 bits per heavy atom. The van der Waals surface area contributed by atoms with E-state index in [1.54, 1.807) is 48.5 Å². The van der Waals surface area contributed by atoms with Crippen LogP contribution in [0.1, 0.15) is 22.5 Å². The third-order valence-electron chi connectivity index (χ3n) is 7.89. The number of nitriles is 4. The fourth-order valence-electron chi connectivity index (χ4n) is 5.90. The minimum Gasteiger partial charge on any atom is -0.405 e. The zero-order valence-electron chi connectivity index (χ0n) is 25.6. The molecule has 0 aliphatic heterocycles. The number of alkyl halides is 6. The summed E-state index contributed by atoms with van der Waals surface area (Å²) in [5.74, 6) is -2.53. The standard InChI is InChI=1S/C36H12F6N8O2/c37-35(38,39)51-30-11-22-20(9-24(30)33-47-26-7-3-1-5-18(26)28(15-45)49-33)21-10-25(34-48-27-8-4-2-6-19(27)29(16-46)50-34)31(52-36(40,41)42)12-23(21)32(22)17(13-43)14-44/h1-12H. The summed E-state index contributed by atoms with van der Waals surface area (Å²) in [4.78, 5) is 17.1. The van der Waals surface area contributed by atoms with Gasteiger partial charge in [-0.05, 0) is 70.8 Å². The number of aromatic nitrogens is 4. The van der Waals surface area contributed by atoms with E-state index in [0.29, 0.717) is 10.8 Å². The Hall–Kier alpha value is -7.56. The highest BCUT2D eigenvalue weighted by Gasteiger charge is 2.38. The van der Waals surface area contributed by atoms with E-state index in [-0.39, 0.29) is 73.0 Å². The topological polar surface area (TPSA) is 165 Å². The molecule has 16 heteroatoms. The molecule has 0 unspecified atom stereocenters. The summed E-state index contributed by atoms with van der Waals surface area (Å²) >= 11 is 0. The van der Waals surface area contributed by atoms with Crippen LogP contribution >= 0.6 is 0 Å². The predicted octanol–water partition coefficient (Wildman–Crippen LogP) is 8.28. The lowest BCUT2D eigenvalue weighted by atomic mass is 9.97. The van der Waals surface area contributed by atoms with Crippen LogP contribution in [-0.2, 0) is 0 Å². The number of nitrogens with zero attached hydrogens (tertiary/aromatic N) is 8. The summed E-state index contributed by atoms with van der Waals surface area (Å²) in [6, 6.07) is 23.6. The minimum atomic E-state index is -5.28. The van der Waals surface area contributed by atoms with Crippen molar-refractivity contribution in [2.24, 2.45) is 0 Å². The quantitative estimate of drug-likeness (QED) is 0.129. The summed E-state index contributed by atoms with van der Waals surface area (Å²) < 4.78 is 92.0. The maximum Gasteiger partial charge on any atom is 0.573 e. The summed E-state index contributed by atoms with van der Waals surface area (Å²) in [6.07, 6.45) is -10.6. The lowest BCUT2D eigenvalue weighted by Gasteiger charge is -2.16. The van der Waals surface area contributed by atoms with Crippen molar-refractivity contribution in [2.45, 2.75) is 12.7 Å². The molecule has 0 saturated carbocycles. The zero-order chi connectivity index (χ0) is 36.9. The van der Waals surface area contributed by atoms with Crippen LogP contribution in [0.15, 0.2) is 78.4 Å². The van der Waals surface area contributed by atoms with Gasteiger partial charge in [-0.2, -0.15) is 21.0 Å². The van der Waals surface area contributed by atoms with Gasteiger partial charge in [0.2, 0.25) is 0 Å². The Bertz CT molecular complexity index is 2550. The van der Waals surface area contributed by atoms with Gasteiger partial charge in [0.25, 0.3) is 0 Å². The van der Waals surface area contributed by atoms with Crippen molar-refractivity contribution >= 4 is 27.4 Å².